The van der Waals surface area contributed by atoms with Crippen molar-refractivity contribution in [3.63, 3.8) is 0 Å². The first-order valence-electron chi connectivity index (χ1n) is 4.58. The Bertz CT molecular complexity index is 158. The number of nitriles is 1. The van der Waals surface area contributed by atoms with Crippen LogP contribution in [0.25, 0.3) is 0 Å². The number of likely N-dealkylation sites (tertiary alicyclic amines) is 1. The summed E-state index contributed by atoms with van der Waals surface area (Å²) in [6.07, 6.45) is 4.59. The van der Waals surface area contributed by atoms with Crippen LogP contribution in [-0.2, 0) is 0 Å². The zero-order valence-electron chi connectivity index (χ0n) is 7.30. The molecule has 1 aliphatic heterocycles. The number of halogens is 1. The van der Waals surface area contributed by atoms with E-state index in [1.165, 1.54) is 19.3 Å². The van der Waals surface area contributed by atoms with E-state index in [0.29, 0.717) is 5.88 Å². The van der Waals surface area contributed by atoms with Crippen LogP contribution in [0.4, 0.5) is 0 Å². The SMILES string of the molecule is N#CC(CCCl)N1CCCCC1. The third-order valence-electron chi connectivity index (χ3n) is 2.36. The van der Waals surface area contributed by atoms with Gasteiger partial charge in [-0.2, -0.15) is 5.26 Å². The molecular formula is C9H15ClN2. The molecule has 12 heavy (non-hydrogen) atoms. The van der Waals surface area contributed by atoms with Gasteiger partial charge in [0.1, 0.15) is 0 Å². The molecule has 0 amide bonds. The molecule has 0 spiro atoms. The van der Waals surface area contributed by atoms with E-state index in [-0.39, 0.29) is 6.04 Å². The normalized spacial score (nSPS) is 21.7. The number of alkyl halides is 1. The van der Waals surface area contributed by atoms with Crippen LogP contribution >= 0.6 is 11.6 Å². The lowest BCUT2D eigenvalue weighted by Crippen LogP contribution is -2.38. The highest BCUT2D eigenvalue weighted by atomic mass is 35.5. The first-order valence-corrected chi connectivity index (χ1v) is 5.11. The molecule has 0 aliphatic carbocycles. The van der Waals surface area contributed by atoms with Crippen molar-refractivity contribution < 1.29 is 0 Å². The van der Waals surface area contributed by atoms with Crippen molar-refractivity contribution in [1.29, 1.82) is 5.26 Å². The van der Waals surface area contributed by atoms with Gasteiger partial charge in [-0.1, -0.05) is 6.42 Å². The standard InChI is InChI=1S/C9H15ClN2/c10-5-4-9(8-11)12-6-2-1-3-7-12/h9H,1-7H2. The minimum atomic E-state index is 0.0581. The van der Waals surface area contributed by atoms with E-state index in [1.54, 1.807) is 0 Å². The Hall–Kier alpha value is -0.260. The van der Waals surface area contributed by atoms with Gasteiger partial charge in [0, 0.05) is 5.88 Å². The van der Waals surface area contributed by atoms with Gasteiger partial charge >= 0.3 is 0 Å². The van der Waals surface area contributed by atoms with Crippen LogP contribution in [0.1, 0.15) is 25.7 Å². The van der Waals surface area contributed by atoms with Crippen molar-refractivity contribution >= 4 is 11.6 Å². The van der Waals surface area contributed by atoms with Gasteiger partial charge < -0.3 is 0 Å². The van der Waals surface area contributed by atoms with Crippen LogP contribution in [0.3, 0.4) is 0 Å². The Balaban J connectivity index is 2.36. The second-order valence-electron chi connectivity index (χ2n) is 3.22. The summed E-state index contributed by atoms with van der Waals surface area (Å²) in [4.78, 5) is 2.26. The summed E-state index contributed by atoms with van der Waals surface area (Å²) < 4.78 is 0. The van der Waals surface area contributed by atoms with Crippen molar-refractivity contribution in [1.82, 2.24) is 4.90 Å². The van der Waals surface area contributed by atoms with Crippen LogP contribution in [0.5, 0.6) is 0 Å². The third-order valence-corrected chi connectivity index (χ3v) is 2.58. The van der Waals surface area contributed by atoms with Gasteiger partial charge in [-0.25, -0.2) is 0 Å². The molecule has 0 aromatic rings. The average Bonchev–Trinajstić information content (AvgIpc) is 2.15. The smallest absolute Gasteiger partial charge is 0.0989 e. The van der Waals surface area contributed by atoms with E-state index in [0.717, 1.165) is 19.5 Å². The Morgan fingerprint density at radius 3 is 2.50 bits per heavy atom. The number of nitrogens with zero attached hydrogens (tertiary/aromatic N) is 2. The van der Waals surface area contributed by atoms with E-state index in [4.69, 9.17) is 16.9 Å². The fourth-order valence-electron chi connectivity index (χ4n) is 1.66. The number of hydrogen-bond acceptors (Lipinski definition) is 2. The molecule has 1 heterocycles. The minimum Gasteiger partial charge on any atom is -0.288 e. The predicted octanol–water partition coefficient (Wildman–Crippen LogP) is 1.99. The Labute approximate surface area is 79.1 Å². The molecule has 1 atom stereocenters. The van der Waals surface area contributed by atoms with E-state index in [1.807, 2.05) is 0 Å². The fraction of sp³-hybridized carbons (Fsp3) is 0.889. The zero-order chi connectivity index (χ0) is 8.81. The van der Waals surface area contributed by atoms with Crippen molar-refractivity contribution in [3.05, 3.63) is 0 Å². The molecule has 0 N–H and O–H groups in total. The molecule has 1 fully saturated rings. The fourth-order valence-corrected chi connectivity index (χ4v) is 1.87. The topological polar surface area (TPSA) is 27.0 Å². The Morgan fingerprint density at radius 2 is 2.00 bits per heavy atom. The largest absolute Gasteiger partial charge is 0.288 e. The first-order chi connectivity index (χ1) is 5.88. The summed E-state index contributed by atoms with van der Waals surface area (Å²) in [5.41, 5.74) is 0. The molecule has 68 valence electrons. The highest BCUT2D eigenvalue weighted by Gasteiger charge is 2.18. The predicted molar refractivity (Wildman–Crippen MR) is 50.2 cm³/mol. The van der Waals surface area contributed by atoms with Gasteiger partial charge in [0.05, 0.1) is 12.1 Å². The summed E-state index contributed by atoms with van der Waals surface area (Å²) in [6.45, 7) is 2.16. The van der Waals surface area contributed by atoms with Gasteiger partial charge in [0.15, 0.2) is 0 Å². The molecule has 1 aliphatic rings. The molecule has 1 saturated heterocycles. The van der Waals surface area contributed by atoms with Crippen LogP contribution in [-0.4, -0.2) is 29.9 Å². The maximum absolute atomic E-state index is 8.86. The molecule has 0 saturated carbocycles. The van der Waals surface area contributed by atoms with E-state index in [2.05, 4.69) is 11.0 Å². The molecule has 0 aromatic heterocycles. The van der Waals surface area contributed by atoms with Crippen LogP contribution in [0.15, 0.2) is 0 Å². The molecule has 2 nitrogen and oxygen atoms in total. The quantitative estimate of drug-likeness (QED) is 0.631. The maximum atomic E-state index is 8.86. The highest BCUT2D eigenvalue weighted by molar-refractivity contribution is 6.17. The maximum Gasteiger partial charge on any atom is 0.0989 e. The Kier molecular flexibility index (Phi) is 4.42. The summed E-state index contributed by atoms with van der Waals surface area (Å²) in [6, 6.07) is 2.37. The first kappa shape index (κ1) is 9.83. The number of piperidine rings is 1. The lowest BCUT2D eigenvalue weighted by molar-refractivity contribution is 0.192. The van der Waals surface area contributed by atoms with E-state index >= 15 is 0 Å². The van der Waals surface area contributed by atoms with Crippen molar-refractivity contribution in [3.8, 4) is 6.07 Å². The van der Waals surface area contributed by atoms with Crippen LogP contribution in [0, 0.1) is 11.3 Å². The monoisotopic (exact) mass is 186 g/mol. The van der Waals surface area contributed by atoms with Crippen LogP contribution in [0.2, 0.25) is 0 Å². The van der Waals surface area contributed by atoms with Crippen molar-refractivity contribution in [2.45, 2.75) is 31.7 Å². The Morgan fingerprint density at radius 1 is 1.33 bits per heavy atom. The van der Waals surface area contributed by atoms with Crippen molar-refractivity contribution in [2.75, 3.05) is 19.0 Å². The van der Waals surface area contributed by atoms with Gasteiger partial charge in [0.25, 0.3) is 0 Å². The zero-order valence-corrected chi connectivity index (χ0v) is 8.06. The molecule has 0 bridgehead atoms. The van der Waals surface area contributed by atoms with E-state index in [9.17, 15) is 0 Å². The molecule has 3 heteroatoms. The molecule has 0 aromatic carbocycles. The van der Waals surface area contributed by atoms with Gasteiger partial charge in [-0.15, -0.1) is 11.6 Å². The number of hydrogen-bond donors (Lipinski definition) is 0. The molecule has 0 radical (unpaired) electrons. The lowest BCUT2D eigenvalue weighted by Gasteiger charge is -2.29. The number of rotatable bonds is 3. The summed E-state index contributed by atoms with van der Waals surface area (Å²) >= 11 is 5.62. The second kappa shape index (κ2) is 5.40. The van der Waals surface area contributed by atoms with Crippen molar-refractivity contribution in [2.24, 2.45) is 0 Å². The highest BCUT2D eigenvalue weighted by Crippen LogP contribution is 2.13. The molecule has 1 rings (SSSR count). The lowest BCUT2D eigenvalue weighted by atomic mass is 10.1. The second-order valence-corrected chi connectivity index (χ2v) is 3.60. The summed E-state index contributed by atoms with van der Waals surface area (Å²) in [5, 5.41) is 8.86. The summed E-state index contributed by atoms with van der Waals surface area (Å²) in [7, 11) is 0. The average molecular weight is 187 g/mol. The van der Waals surface area contributed by atoms with Gasteiger partial charge in [0.2, 0.25) is 0 Å². The van der Waals surface area contributed by atoms with Gasteiger partial charge in [-0.3, -0.25) is 4.90 Å². The van der Waals surface area contributed by atoms with Crippen LogP contribution < -0.4 is 0 Å². The third kappa shape index (κ3) is 2.66. The minimum absolute atomic E-state index is 0.0581. The van der Waals surface area contributed by atoms with Gasteiger partial charge in [-0.05, 0) is 32.4 Å². The summed E-state index contributed by atoms with van der Waals surface area (Å²) in [5.74, 6) is 0.592. The molecule has 1 unspecified atom stereocenters. The molecular weight excluding hydrogens is 172 g/mol. The van der Waals surface area contributed by atoms with E-state index < -0.39 is 0 Å².